The quantitative estimate of drug-likeness (QED) is 0.276. The first-order valence-corrected chi connectivity index (χ1v) is 13.8. The van der Waals surface area contributed by atoms with Crippen molar-refractivity contribution in [2.75, 3.05) is 25.2 Å². The lowest BCUT2D eigenvalue weighted by Crippen LogP contribution is -2.33. The molecule has 218 valence electrons. The lowest BCUT2D eigenvalue weighted by atomic mass is 10.1. The molecule has 2 atom stereocenters. The molecule has 0 bridgehead atoms. The number of sulfone groups is 1. The zero-order chi connectivity index (χ0) is 30.1. The highest BCUT2D eigenvalue weighted by Crippen LogP contribution is 2.32. The number of alkyl halides is 3. The fourth-order valence-corrected chi connectivity index (χ4v) is 5.80. The second-order valence-corrected chi connectivity index (χ2v) is 11.3. The maximum Gasteiger partial charge on any atom is 0.490 e. The first kappa shape index (κ1) is 29.7. The van der Waals surface area contributed by atoms with Crippen molar-refractivity contribution in [1.29, 1.82) is 0 Å². The van der Waals surface area contributed by atoms with Gasteiger partial charge in [-0.2, -0.15) is 13.2 Å². The van der Waals surface area contributed by atoms with Crippen LogP contribution in [0.25, 0.3) is 28.2 Å². The number of esters is 1. The Morgan fingerprint density at radius 2 is 1.93 bits per heavy atom. The minimum atomic E-state index is -5.23. The van der Waals surface area contributed by atoms with Crippen LogP contribution in [0.3, 0.4) is 0 Å². The molecular formula is C26H26F3N5O6S. The Hall–Kier alpha value is -4.24. The van der Waals surface area contributed by atoms with Crippen LogP contribution in [-0.4, -0.2) is 70.6 Å². The number of fused-ring (bicyclic) bond motifs is 1. The van der Waals surface area contributed by atoms with Crippen molar-refractivity contribution in [2.24, 2.45) is 5.92 Å². The maximum absolute atomic E-state index is 13.2. The summed E-state index contributed by atoms with van der Waals surface area (Å²) in [4.78, 5) is 23.8. The average Bonchev–Trinajstić information content (AvgIpc) is 3.35. The lowest BCUT2D eigenvalue weighted by Gasteiger charge is -2.19. The van der Waals surface area contributed by atoms with Gasteiger partial charge in [0.1, 0.15) is 6.61 Å². The number of nitrogens with two attached hydrogens (primary N) is 1. The molecule has 0 amide bonds. The number of pyridine rings is 1. The van der Waals surface area contributed by atoms with Crippen molar-refractivity contribution in [1.82, 2.24) is 19.4 Å². The minimum Gasteiger partial charge on any atom is -0.481 e. The maximum atomic E-state index is 13.2. The van der Waals surface area contributed by atoms with Gasteiger partial charge in [0.2, 0.25) is 5.88 Å². The molecule has 41 heavy (non-hydrogen) atoms. The van der Waals surface area contributed by atoms with Crippen molar-refractivity contribution in [3.8, 4) is 28.4 Å². The number of aryl methyl sites for hydroxylation is 1. The van der Waals surface area contributed by atoms with Gasteiger partial charge in [-0.05, 0) is 42.7 Å². The number of hydrogen-bond donors (Lipinski definition) is 2. The van der Waals surface area contributed by atoms with E-state index in [1.807, 2.05) is 0 Å². The largest absolute Gasteiger partial charge is 0.490 e. The second-order valence-electron chi connectivity index (χ2n) is 9.31. The molecule has 4 aromatic rings. The Labute approximate surface area is 232 Å². The number of aliphatic hydroxyl groups is 1. The van der Waals surface area contributed by atoms with Crippen LogP contribution in [0.2, 0.25) is 0 Å². The fraction of sp³-hybridized carbons (Fsp3) is 0.308. The summed E-state index contributed by atoms with van der Waals surface area (Å²) >= 11 is 0. The molecule has 0 saturated heterocycles. The van der Waals surface area contributed by atoms with Crippen LogP contribution in [-0.2, 0) is 19.4 Å². The molecule has 0 radical (unpaired) electrons. The van der Waals surface area contributed by atoms with Gasteiger partial charge in [-0.1, -0.05) is 13.0 Å². The zero-order valence-corrected chi connectivity index (χ0v) is 22.9. The number of rotatable bonds is 9. The number of anilines is 1. The third-order valence-electron chi connectivity index (χ3n) is 6.36. The molecule has 11 nitrogen and oxygen atoms in total. The van der Waals surface area contributed by atoms with Crippen molar-refractivity contribution in [3.63, 3.8) is 0 Å². The third-order valence-corrected chi connectivity index (χ3v) is 8.30. The van der Waals surface area contributed by atoms with Crippen LogP contribution in [0.4, 0.5) is 19.0 Å². The predicted octanol–water partition coefficient (Wildman–Crippen LogP) is 3.23. The molecule has 3 N–H and O–H groups in total. The molecular weight excluding hydrogens is 567 g/mol. The van der Waals surface area contributed by atoms with Crippen LogP contribution < -0.4 is 10.5 Å². The van der Waals surface area contributed by atoms with Crippen molar-refractivity contribution in [2.45, 2.75) is 31.0 Å². The predicted molar refractivity (Wildman–Crippen MR) is 142 cm³/mol. The second kappa shape index (κ2) is 11.3. The first-order chi connectivity index (χ1) is 19.2. The topological polar surface area (TPSA) is 159 Å². The number of nitrogens with zero attached hydrogens (tertiary/aromatic N) is 4. The molecule has 0 saturated carbocycles. The Kier molecular flexibility index (Phi) is 8.22. The van der Waals surface area contributed by atoms with Gasteiger partial charge < -0.3 is 20.3 Å². The first-order valence-electron chi connectivity index (χ1n) is 12.1. The Morgan fingerprint density at radius 1 is 1.20 bits per heavy atom. The summed E-state index contributed by atoms with van der Waals surface area (Å²) in [6, 6.07) is 7.91. The van der Waals surface area contributed by atoms with E-state index in [1.54, 1.807) is 41.9 Å². The van der Waals surface area contributed by atoms with Crippen LogP contribution >= 0.6 is 0 Å². The van der Waals surface area contributed by atoms with E-state index in [9.17, 15) is 31.5 Å². The molecule has 0 aliphatic rings. The van der Waals surface area contributed by atoms with E-state index in [1.165, 1.54) is 32.4 Å². The Morgan fingerprint density at radius 3 is 2.61 bits per heavy atom. The van der Waals surface area contributed by atoms with E-state index in [4.69, 9.17) is 10.5 Å². The van der Waals surface area contributed by atoms with Gasteiger partial charge in [0, 0.05) is 18.0 Å². The number of methoxy groups -OCH3 is 1. The number of hydrogen-bond acceptors (Lipinski definition) is 10. The summed E-state index contributed by atoms with van der Waals surface area (Å²) in [6.07, 6.45) is -2.10. The fourth-order valence-electron chi connectivity index (χ4n) is 4.12. The summed E-state index contributed by atoms with van der Waals surface area (Å²) in [5.74, 6) is -3.69. The van der Waals surface area contributed by atoms with E-state index >= 15 is 0 Å². The zero-order valence-electron chi connectivity index (χ0n) is 22.1. The van der Waals surface area contributed by atoms with Gasteiger partial charge in [0.15, 0.2) is 21.3 Å². The number of imidazole rings is 1. The molecule has 3 heterocycles. The highest BCUT2D eigenvalue weighted by Gasteiger charge is 2.41. The van der Waals surface area contributed by atoms with Gasteiger partial charge in [0.25, 0.3) is 0 Å². The van der Waals surface area contributed by atoms with Crippen molar-refractivity contribution >= 4 is 27.3 Å². The smallest absolute Gasteiger partial charge is 0.481 e. The van der Waals surface area contributed by atoms with Crippen molar-refractivity contribution < 1.29 is 41.0 Å². The molecule has 3 aromatic heterocycles. The molecule has 15 heteroatoms. The van der Waals surface area contributed by atoms with E-state index in [-0.39, 0.29) is 10.7 Å². The summed E-state index contributed by atoms with van der Waals surface area (Å²) in [5.41, 5.74) is 9.29. The molecule has 0 aliphatic heterocycles. The van der Waals surface area contributed by atoms with Gasteiger partial charge in [-0.3, -0.25) is 4.40 Å². The SMILES string of the molecule is COc1ncccc1-c1cn2c(-c3cc(S(=O)(=O)CC(C)C(O)COC(=O)C(F)(F)F)ccc3C)cnc2c(N)n1. The van der Waals surface area contributed by atoms with Crippen LogP contribution in [0.1, 0.15) is 12.5 Å². The van der Waals surface area contributed by atoms with Gasteiger partial charge in [-0.15, -0.1) is 0 Å². The standard InChI is InChI=1S/C26H26F3N5O6S/c1-14-6-7-16(41(37,38)13-15(2)21(35)12-40-25(36)26(27,28)29)9-18(14)20-10-32-23-22(30)33-19(11-34(20)23)17-5-4-8-31-24(17)39-3/h4-11,15,21,35H,12-13H2,1-3H3,(H2,30,33). The number of nitrogen functional groups attached to an aromatic ring is 1. The molecule has 0 aliphatic carbocycles. The molecule has 2 unspecified atom stereocenters. The van der Waals surface area contributed by atoms with E-state index in [2.05, 4.69) is 19.7 Å². The highest BCUT2D eigenvalue weighted by atomic mass is 32.2. The average molecular weight is 594 g/mol. The van der Waals surface area contributed by atoms with Gasteiger partial charge in [0.05, 0.1) is 47.0 Å². The highest BCUT2D eigenvalue weighted by molar-refractivity contribution is 7.91. The monoisotopic (exact) mass is 593 g/mol. The molecule has 1 aromatic carbocycles. The Balaban J connectivity index is 1.66. The minimum absolute atomic E-state index is 0.0874. The number of benzene rings is 1. The van der Waals surface area contributed by atoms with Crippen molar-refractivity contribution in [3.05, 3.63) is 54.5 Å². The normalized spacial score (nSPS) is 13.6. The van der Waals surface area contributed by atoms with Gasteiger partial charge >= 0.3 is 12.1 Å². The summed E-state index contributed by atoms with van der Waals surface area (Å²) in [5, 5.41) is 10.1. The van der Waals surface area contributed by atoms with Crippen LogP contribution in [0.5, 0.6) is 5.88 Å². The molecule has 0 fully saturated rings. The number of carbonyl (C=O) groups is 1. The number of aliphatic hydroxyl groups excluding tert-OH is 1. The third kappa shape index (κ3) is 6.25. The summed E-state index contributed by atoms with van der Waals surface area (Å²) in [6.45, 7) is 2.10. The van der Waals surface area contributed by atoms with Crippen LogP contribution in [0.15, 0.2) is 53.8 Å². The summed E-state index contributed by atoms with van der Waals surface area (Å²) < 4.78 is 74.6. The van der Waals surface area contributed by atoms with E-state index in [0.717, 1.165) is 0 Å². The van der Waals surface area contributed by atoms with E-state index in [0.29, 0.717) is 39.6 Å². The molecule has 4 rings (SSSR count). The van der Waals surface area contributed by atoms with Crippen LogP contribution in [0, 0.1) is 12.8 Å². The number of halogens is 3. The number of carbonyl (C=O) groups excluding carboxylic acids is 1. The number of aromatic nitrogens is 4. The summed E-state index contributed by atoms with van der Waals surface area (Å²) in [7, 11) is -2.56. The molecule has 0 spiro atoms. The lowest BCUT2D eigenvalue weighted by molar-refractivity contribution is -0.202. The van der Waals surface area contributed by atoms with Gasteiger partial charge in [-0.25, -0.2) is 28.2 Å². The Bertz CT molecular complexity index is 1710. The number of ether oxygens (including phenoxy) is 2. The van der Waals surface area contributed by atoms with E-state index < -0.39 is 46.4 Å².